The number of hydrogen-bond acceptors (Lipinski definition) is 7. The first-order valence-electron chi connectivity index (χ1n) is 15.9. The van der Waals surface area contributed by atoms with E-state index in [0.29, 0.717) is 38.4 Å². The summed E-state index contributed by atoms with van der Waals surface area (Å²) in [6.07, 6.45) is 0.289. The van der Waals surface area contributed by atoms with E-state index >= 15 is 0 Å². The Balaban J connectivity index is 2.56. The zero-order valence-corrected chi connectivity index (χ0v) is 29.2. The number of aliphatic hydroxyl groups is 1. The number of rotatable bonds is 18. The molecular formula is C33H49F2N5O6S. The molecule has 262 valence electrons. The largest absolute Gasteiger partial charge is 0.390 e. The van der Waals surface area contributed by atoms with Gasteiger partial charge in [0.2, 0.25) is 10.0 Å². The molecule has 0 aliphatic carbocycles. The average molecular weight is 682 g/mol. The van der Waals surface area contributed by atoms with Gasteiger partial charge >= 0.3 is 0 Å². The molecule has 2 atom stereocenters. The number of halogens is 2. The lowest BCUT2D eigenvalue weighted by Crippen LogP contribution is -2.54. The summed E-state index contributed by atoms with van der Waals surface area (Å²) in [6.45, 7) is 9.61. The molecular weight excluding hydrogens is 632 g/mol. The predicted molar refractivity (Wildman–Crippen MR) is 177 cm³/mol. The molecule has 14 heteroatoms. The molecule has 0 spiro atoms. The van der Waals surface area contributed by atoms with Crippen molar-refractivity contribution in [3.63, 3.8) is 0 Å². The van der Waals surface area contributed by atoms with Crippen LogP contribution in [0.15, 0.2) is 36.4 Å². The van der Waals surface area contributed by atoms with Gasteiger partial charge in [0.1, 0.15) is 11.6 Å². The average Bonchev–Trinajstić information content (AvgIpc) is 2.98. The number of hydrogen-bond donors (Lipinski definition) is 3. The van der Waals surface area contributed by atoms with E-state index in [-0.39, 0.29) is 47.7 Å². The Labute approximate surface area is 277 Å². The Morgan fingerprint density at radius 1 is 0.809 bits per heavy atom. The van der Waals surface area contributed by atoms with Crippen LogP contribution in [-0.4, -0.2) is 104 Å². The summed E-state index contributed by atoms with van der Waals surface area (Å²) in [5.41, 5.74) is 0.327. The quantitative estimate of drug-likeness (QED) is 0.205. The molecule has 11 nitrogen and oxygen atoms in total. The molecule has 0 saturated carbocycles. The van der Waals surface area contributed by atoms with Gasteiger partial charge in [0.15, 0.2) is 0 Å². The summed E-state index contributed by atoms with van der Waals surface area (Å²) in [7, 11) is -0.692. The van der Waals surface area contributed by atoms with Crippen molar-refractivity contribution in [1.82, 2.24) is 25.0 Å². The fraction of sp³-hybridized carbons (Fsp3) is 0.545. The minimum Gasteiger partial charge on any atom is -0.390 e. The molecule has 2 rings (SSSR count). The molecule has 0 aliphatic rings. The van der Waals surface area contributed by atoms with Crippen molar-refractivity contribution in [2.75, 3.05) is 40.3 Å². The molecule has 0 radical (unpaired) electrons. The molecule has 47 heavy (non-hydrogen) atoms. The first kappa shape index (κ1) is 39.7. The molecule has 3 amide bonds. The second kappa shape index (κ2) is 18.2. The molecule has 2 unspecified atom stereocenters. The van der Waals surface area contributed by atoms with Crippen LogP contribution >= 0.6 is 0 Å². The SMILES string of the molecule is CCCN(CC(O)C(Cc1cc(F)cc(F)c1)NC(=O)c1cc(C(=O)N(C)C)cc(C(=O)N(CCC)CCC)c1)NS(=O)(=O)C(C)C. The summed E-state index contributed by atoms with van der Waals surface area (Å²) in [5, 5.41) is 14.6. The summed E-state index contributed by atoms with van der Waals surface area (Å²) in [6, 6.07) is 5.81. The number of aliphatic hydroxyl groups excluding tert-OH is 1. The maximum Gasteiger partial charge on any atom is 0.253 e. The Bertz CT molecular complexity index is 1460. The predicted octanol–water partition coefficient (Wildman–Crippen LogP) is 3.59. The molecule has 3 N–H and O–H groups in total. The van der Waals surface area contributed by atoms with E-state index < -0.39 is 50.9 Å². The number of carbonyl (C=O) groups is 3. The highest BCUT2D eigenvalue weighted by atomic mass is 32.2. The summed E-state index contributed by atoms with van der Waals surface area (Å²) in [5.74, 6) is -3.24. The fourth-order valence-corrected chi connectivity index (χ4v) is 5.64. The van der Waals surface area contributed by atoms with Crippen LogP contribution in [0.25, 0.3) is 0 Å². The smallest absolute Gasteiger partial charge is 0.253 e. The molecule has 0 aliphatic heterocycles. The van der Waals surface area contributed by atoms with Gasteiger partial charge < -0.3 is 20.2 Å². The van der Waals surface area contributed by atoms with Crippen molar-refractivity contribution < 1.29 is 36.7 Å². The highest BCUT2D eigenvalue weighted by molar-refractivity contribution is 7.90. The molecule has 0 aromatic heterocycles. The normalized spacial score (nSPS) is 13.0. The third kappa shape index (κ3) is 11.9. The molecule has 0 saturated heterocycles. The van der Waals surface area contributed by atoms with Crippen LogP contribution in [0.3, 0.4) is 0 Å². The number of nitrogens with zero attached hydrogens (tertiary/aromatic N) is 3. The van der Waals surface area contributed by atoms with Crippen molar-refractivity contribution >= 4 is 27.7 Å². The zero-order chi connectivity index (χ0) is 35.5. The molecule has 0 fully saturated rings. The van der Waals surface area contributed by atoms with Crippen LogP contribution in [0.2, 0.25) is 0 Å². The number of benzene rings is 2. The van der Waals surface area contributed by atoms with Gasteiger partial charge in [-0.15, -0.1) is 4.83 Å². The van der Waals surface area contributed by atoms with Gasteiger partial charge in [-0.05, 0) is 75.4 Å². The maximum atomic E-state index is 14.1. The van der Waals surface area contributed by atoms with Crippen molar-refractivity contribution in [2.45, 2.75) is 77.7 Å². The van der Waals surface area contributed by atoms with E-state index in [1.54, 1.807) is 4.90 Å². The second-order valence-corrected chi connectivity index (χ2v) is 14.3. The Kier molecular flexibility index (Phi) is 15.4. The van der Waals surface area contributed by atoms with E-state index in [2.05, 4.69) is 10.1 Å². The van der Waals surface area contributed by atoms with E-state index in [9.17, 15) is 36.7 Å². The van der Waals surface area contributed by atoms with Crippen LogP contribution in [0.1, 0.15) is 90.5 Å². The molecule has 2 aromatic carbocycles. The number of hydrazine groups is 1. The third-order valence-corrected chi connectivity index (χ3v) is 9.06. The van der Waals surface area contributed by atoms with Crippen LogP contribution < -0.4 is 10.1 Å². The molecule has 0 heterocycles. The second-order valence-electron chi connectivity index (χ2n) is 12.1. The van der Waals surface area contributed by atoms with E-state index in [1.165, 1.54) is 56.1 Å². The van der Waals surface area contributed by atoms with Crippen LogP contribution in [0, 0.1) is 11.6 Å². The van der Waals surface area contributed by atoms with Gasteiger partial charge in [-0.1, -0.05) is 20.8 Å². The number of amides is 3. The lowest BCUT2D eigenvalue weighted by molar-refractivity contribution is 0.0617. The minimum atomic E-state index is -3.77. The Morgan fingerprint density at radius 2 is 1.32 bits per heavy atom. The van der Waals surface area contributed by atoms with Gasteiger partial charge in [0.25, 0.3) is 17.7 Å². The van der Waals surface area contributed by atoms with E-state index in [0.717, 1.165) is 12.1 Å². The van der Waals surface area contributed by atoms with E-state index in [1.807, 2.05) is 20.8 Å². The van der Waals surface area contributed by atoms with Crippen LogP contribution in [-0.2, 0) is 16.4 Å². The highest BCUT2D eigenvalue weighted by Crippen LogP contribution is 2.18. The number of sulfonamides is 1. The van der Waals surface area contributed by atoms with Gasteiger partial charge in [-0.2, -0.15) is 0 Å². The highest BCUT2D eigenvalue weighted by Gasteiger charge is 2.29. The van der Waals surface area contributed by atoms with Crippen molar-refractivity contribution in [2.24, 2.45) is 0 Å². The Hall–Kier alpha value is -3.46. The summed E-state index contributed by atoms with van der Waals surface area (Å²) in [4.78, 5) is 45.7. The Morgan fingerprint density at radius 3 is 1.81 bits per heavy atom. The monoisotopic (exact) mass is 681 g/mol. The molecule has 0 bridgehead atoms. The first-order chi connectivity index (χ1) is 22.0. The summed E-state index contributed by atoms with van der Waals surface area (Å²) < 4.78 is 53.4. The maximum absolute atomic E-state index is 14.1. The van der Waals surface area contributed by atoms with Gasteiger partial charge in [-0.3, -0.25) is 14.4 Å². The van der Waals surface area contributed by atoms with Crippen molar-refractivity contribution in [3.05, 3.63) is 70.3 Å². The lowest BCUT2D eigenvalue weighted by atomic mass is 9.98. The van der Waals surface area contributed by atoms with Gasteiger partial charge in [0.05, 0.1) is 17.4 Å². The van der Waals surface area contributed by atoms with Crippen molar-refractivity contribution in [1.29, 1.82) is 0 Å². The summed E-state index contributed by atoms with van der Waals surface area (Å²) >= 11 is 0. The van der Waals surface area contributed by atoms with Crippen molar-refractivity contribution in [3.8, 4) is 0 Å². The van der Waals surface area contributed by atoms with Crippen LogP contribution in [0.5, 0.6) is 0 Å². The minimum absolute atomic E-state index is 0.0393. The zero-order valence-electron chi connectivity index (χ0n) is 28.3. The standard InChI is InChI=1S/C33H49F2N5O6S/c1-8-11-39(12-9-2)33(44)26-18-24(17-25(19-26)32(43)38(6)7)31(42)36-29(16-23-14-27(34)20-28(35)15-23)30(41)21-40(13-10-3)37-47(45,46)22(4)5/h14-15,17-20,22,29-30,37,41H,8-13,16,21H2,1-7H3,(H,36,42). The topological polar surface area (TPSA) is 139 Å². The van der Waals surface area contributed by atoms with Gasteiger partial charge in [-0.25, -0.2) is 22.2 Å². The van der Waals surface area contributed by atoms with E-state index in [4.69, 9.17) is 0 Å². The number of carbonyl (C=O) groups excluding carboxylic acids is 3. The fourth-order valence-electron chi connectivity index (χ4n) is 4.90. The lowest BCUT2D eigenvalue weighted by Gasteiger charge is -2.30. The van der Waals surface area contributed by atoms with Crippen LogP contribution in [0.4, 0.5) is 8.78 Å². The number of nitrogens with one attached hydrogen (secondary N) is 2. The molecule has 2 aromatic rings. The third-order valence-electron chi connectivity index (χ3n) is 7.31. The van der Waals surface area contributed by atoms with Gasteiger partial charge in [0, 0.05) is 63.0 Å². The first-order valence-corrected chi connectivity index (χ1v) is 17.4.